The molecule has 3 fully saturated rings. The molecule has 194 valence electrons. The molecule has 8 unspecified atom stereocenters. The molecule has 16 nitrogen and oxygen atoms in total. The molecule has 5 N–H and O–H groups in total. The molecule has 33 heavy (non-hydrogen) atoms. The third-order valence-electron chi connectivity index (χ3n) is 5.73. The standard InChI is InChI=1S/C6H11O8S2.C6H10O8S2.Sb/c2*7-4-1-3(15(9,10)11)2-5(6(4)8)16(12,13)14;/h3-6,8H,1-2H2,(H,9,10,11)(H,12,13,14);3-6H,1-2H2,(H,9,10,11)(H,12,13,14);/q-1;-2;+3. The zero-order valence-electron chi connectivity index (χ0n) is 16.3. The molecule has 2 aliphatic carbocycles. The summed E-state index contributed by atoms with van der Waals surface area (Å²) in [6.45, 7) is 0. The van der Waals surface area contributed by atoms with Gasteiger partial charge in [0.15, 0.2) is 0 Å². The minimum atomic E-state index is -4.98. The molecule has 0 bridgehead atoms. The Bertz CT molecular complexity index is 1180. The topological polar surface area (TPSA) is 265 Å². The van der Waals surface area contributed by atoms with Crippen LogP contribution >= 0.6 is 0 Å². The Morgan fingerprint density at radius 1 is 0.667 bits per heavy atom. The summed E-state index contributed by atoms with van der Waals surface area (Å²) in [5, 5.41) is 3.13. The van der Waals surface area contributed by atoms with Gasteiger partial charge in [-0.15, -0.1) is 0 Å². The van der Waals surface area contributed by atoms with E-state index < -0.39 is 133 Å². The SMILES string of the molecule is O=S(=O)(O)C1CC([O][Sb]2[O]C3CC(S(=O)(=O)O)CC(S(=O)(=O)O)C3[O]2)C(O)C(S(=O)(=O)O)C1. The second-order valence-corrected chi connectivity index (χ2v) is 17.6. The van der Waals surface area contributed by atoms with Crippen molar-refractivity contribution in [2.75, 3.05) is 0 Å². The summed E-state index contributed by atoms with van der Waals surface area (Å²) in [6.07, 6.45) is -8.87. The van der Waals surface area contributed by atoms with Crippen LogP contribution in [0.1, 0.15) is 25.7 Å². The van der Waals surface area contributed by atoms with E-state index in [1.165, 1.54) is 0 Å². The van der Waals surface area contributed by atoms with Crippen LogP contribution in [0.3, 0.4) is 0 Å². The summed E-state index contributed by atoms with van der Waals surface area (Å²) in [7, 11) is -19.4. The molecular weight excluding hydrogens is 650 g/mol. The summed E-state index contributed by atoms with van der Waals surface area (Å²) in [5.41, 5.74) is 0. The number of rotatable bonds is 6. The number of hydrogen-bond donors (Lipinski definition) is 5. The molecule has 0 amide bonds. The first kappa shape index (κ1) is 27.9. The number of aliphatic hydroxyl groups excluding tert-OH is 1. The van der Waals surface area contributed by atoms with Gasteiger partial charge in [-0.2, -0.15) is 0 Å². The first-order valence-electron chi connectivity index (χ1n) is 9.12. The van der Waals surface area contributed by atoms with Crippen molar-refractivity contribution in [3.8, 4) is 0 Å². The van der Waals surface area contributed by atoms with Crippen molar-refractivity contribution in [3.05, 3.63) is 0 Å². The van der Waals surface area contributed by atoms with Gasteiger partial charge in [0, 0.05) is 0 Å². The van der Waals surface area contributed by atoms with Crippen LogP contribution in [-0.4, -0.2) is 124 Å². The average molecular weight is 671 g/mol. The maximum atomic E-state index is 11.8. The fourth-order valence-electron chi connectivity index (χ4n) is 4.07. The number of fused-ring (bicyclic) bond motifs is 1. The molecule has 2 saturated carbocycles. The van der Waals surface area contributed by atoms with Gasteiger partial charge >= 0.3 is 199 Å². The van der Waals surface area contributed by atoms with Crippen molar-refractivity contribution < 1.29 is 66.0 Å². The monoisotopic (exact) mass is 670 g/mol. The summed E-state index contributed by atoms with van der Waals surface area (Å²) < 4.78 is 147. The van der Waals surface area contributed by atoms with Crippen LogP contribution in [0, 0.1) is 0 Å². The maximum absolute atomic E-state index is 11.8. The van der Waals surface area contributed by atoms with Gasteiger partial charge in [0.05, 0.1) is 0 Å². The van der Waals surface area contributed by atoms with Gasteiger partial charge in [-0.1, -0.05) is 0 Å². The zero-order chi connectivity index (χ0) is 25.1. The molecule has 0 radical (unpaired) electrons. The molecule has 1 heterocycles. The minimum absolute atomic E-state index is 0.423. The summed E-state index contributed by atoms with van der Waals surface area (Å²) in [4.78, 5) is 0. The second-order valence-electron chi connectivity index (χ2n) is 7.90. The van der Waals surface area contributed by atoms with Gasteiger partial charge in [-0.3, -0.25) is 0 Å². The molecule has 1 aliphatic heterocycles. The van der Waals surface area contributed by atoms with Crippen molar-refractivity contribution >= 4 is 61.9 Å². The molecule has 1 saturated heterocycles. The van der Waals surface area contributed by atoms with E-state index in [1.54, 1.807) is 0 Å². The second kappa shape index (κ2) is 9.31. The van der Waals surface area contributed by atoms with Crippen LogP contribution in [0.5, 0.6) is 0 Å². The van der Waals surface area contributed by atoms with Gasteiger partial charge in [0.25, 0.3) is 0 Å². The number of aliphatic hydroxyl groups is 1. The Hall–Kier alpha value is 0.298. The molecule has 3 aliphatic rings. The summed E-state index contributed by atoms with van der Waals surface area (Å²) in [5.74, 6) is 0. The van der Waals surface area contributed by atoms with Gasteiger partial charge in [-0.25, -0.2) is 0 Å². The molecule has 0 aromatic carbocycles. The van der Waals surface area contributed by atoms with Crippen LogP contribution in [0.15, 0.2) is 0 Å². The third kappa shape index (κ3) is 6.36. The first-order valence-corrected chi connectivity index (χ1v) is 18.3. The Kier molecular flexibility index (Phi) is 7.86. The molecule has 8 atom stereocenters. The van der Waals surface area contributed by atoms with Crippen molar-refractivity contribution in [2.24, 2.45) is 0 Å². The van der Waals surface area contributed by atoms with E-state index in [2.05, 4.69) is 0 Å². The molecule has 0 spiro atoms. The van der Waals surface area contributed by atoms with Crippen LogP contribution in [0.4, 0.5) is 0 Å². The Morgan fingerprint density at radius 2 is 1.15 bits per heavy atom. The molecule has 3 rings (SSSR count). The number of hydrogen-bond acceptors (Lipinski definition) is 12. The van der Waals surface area contributed by atoms with E-state index in [4.69, 9.17) is 9.05 Å². The van der Waals surface area contributed by atoms with Crippen LogP contribution in [0.2, 0.25) is 0 Å². The molecular formula is C12H21O16S4Sb. The zero-order valence-corrected chi connectivity index (χ0v) is 22.1. The van der Waals surface area contributed by atoms with E-state index in [0.29, 0.717) is 0 Å². The molecule has 0 aromatic heterocycles. The Balaban J connectivity index is 1.83. The third-order valence-corrected chi connectivity index (χ3v) is 14.4. The summed E-state index contributed by atoms with van der Waals surface area (Å²) >= 11 is -4.05. The van der Waals surface area contributed by atoms with Crippen LogP contribution < -0.4 is 0 Å². The van der Waals surface area contributed by atoms with Crippen molar-refractivity contribution in [1.82, 2.24) is 0 Å². The predicted molar refractivity (Wildman–Crippen MR) is 106 cm³/mol. The Labute approximate surface area is 198 Å². The van der Waals surface area contributed by atoms with Crippen molar-refractivity contribution in [3.63, 3.8) is 0 Å². The van der Waals surface area contributed by atoms with Gasteiger partial charge < -0.3 is 0 Å². The van der Waals surface area contributed by atoms with Crippen molar-refractivity contribution in [2.45, 2.75) is 71.1 Å². The fourth-order valence-corrected chi connectivity index (χ4v) is 12.6. The van der Waals surface area contributed by atoms with Crippen LogP contribution in [0.25, 0.3) is 0 Å². The van der Waals surface area contributed by atoms with Crippen molar-refractivity contribution in [1.29, 1.82) is 0 Å². The van der Waals surface area contributed by atoms with Crippen LogP contribution in [-0.2, 0) is 49.5 Å². The predicted octanol–water partition coefficient (Wildman–Crippen LogP) is -2.89. The summed E-state index contributed by atoms with van der Waals surface area (Å²) in [6, 6.07) is 0. The van der Waals surface area contributed by atoms with E-state index >= 15 is 0 Å². The van der Waals surface area contributed by atoms with E-state index in [0.717, 1.165) is 0 Å². The fraction of sp³-hybridized carbons (Fsp3) is 1.00. The van der Waals surface area contributed by atoms with Gasteiger partial charge in [-0.05, 0) is 0 Å². The quantitative estimate of drug-likeness (QED) is 0.140. The van der Waals surface area contributed by atoms with E-state index in [9.17, 15) is 57.0 Å². The Morgan fingerprint density at radius 3 is 1.64 bits per heavy atom. The average Bonchev–Trinajstić information content (AvgIpc) is 3.01. The van der Waals surface area contributed by atoms with E-state index in [1.807, 2.05) is 0 Å². The van der Waals surface area contributed by atoms with Gasteiger partial charge in [0.2, 0.25) is 0 Å². The van der Waals surface area contributed by atoms with E-state index in [-0.39, 0.29) is 0 Å². The first-order chi connectivity index (χ1) is 14.8. The normalized spacial score (nSPS) is 39.3. The molecule has 21 heteroatoms. The van der Waals surface area contributed by atoms with Gasteiger partial charge in [0.1, 0.15) is 0 Å². The molecule has 0 aromatic rings.